The van der Waals surface area contributed by atoms with Crippen molar-refractivity contribution < 1.29 is 80.2 Å². The Morgan fingerprint density at radius 3 is 0.797 bits per heavy atom. The standard InChI is InChI=1S/C55H106O17P2/c1-5-9-13-17-21-24-26-29-33-36-40-53(58)66-46-51(72-55(60)42-38-34-30-27-25-22-18-14-10-6-2)48-70-74(63,64)68-44-49(56)43-67-73(61,62)69-47-50(71-54(59)41-37-31-20-16-12-8-4)45-65-52(57)39-35-32-28-23-19-15-11-7-3/h49-51,56H,5-48H2,1-4H3,(H,61,62)(H,63,64)/t49-,50-,51-/m1/s1. The van der Waals surface area contributed by atoms with Gasteiger partial charge in [-0.2, -0.15) is 0 Å². The summed E-state index contributed by atoms with van der Waals surface area (Å²) in [6, 6.07) is 0. The van der Waals surface area contributed by atoms with Crippen LogP contribution in [0.4, 0.5) is 0 Å². The second-order valence-electron chi connectivity index (χ2n) is 20.0. The zero-order valence-electron chi connectivity index (χ0n) is 46.8. The lowest BCUT2D eigenvalue weighted by atomic mass is 10.1. The van der Waals surface area contributed by atoms with E-state index in [1.807, 2.05) is 0 Å². The molecule has 17 nitrogen and oxygen atoms in total. The molecule has 0 bridgehead atoms. The van der Waals surface area contributed by atoms with Gasteiger partial charge < -0.3 is 33.8 Å². The van der Waals surface area contributed by atoms with Crippen molar-refractivity contribution in [2.45, 2.75) is 290 Å². The molecule has 0 radical (unpaired) electrons. The third kappa shape index (κ3) is 49.6. The first-order chi connectivity index (χ1) is 35.7. The summed E-state index contributed by atoms with van der Waals surface area (Å²) in [5.74, 6) is -2.16. The molecule has 0 amide bonds. The van der Waals surface area contributed by atoms with E-state index >= 15 is 0 Å². The van der Waals surface area contributed by atoms with E-state index in [0.29, 0.717) is 25.7 Å². The zero-order valence-corrected chi connectivity index (χ0v) is 48.6. The fourth-order valence-corrected chi connectivity index (χ4v) is 9.62. The lowest BCUT2D eigenvalue weighted by Gasteiger charge is -2.21. The first-order valence-electron chi connectivity index (χ1n) is 29.3. The van der Waals surface area contributed by atoms with Crippen LogP contribution in [0.15, 0.2) is 0 Å². The van der Waals surface area contributed by atoms with Gasteiger partial charge >= 0.3 is 39.5 Å². The van der Waals surface area contributed by atoms with Crippen molar-refractivity contribution >= 4 is 39.5 Å². The van der Waals surface area contributed by atoms with Crippen LogP contribution in [0.1, 0.15) is 272 Å². The lowest BCUT2D eigenvalue weighted by Crippen LogP contribution is -2.30. The predicted octanol–water partition coefficient (Wildman–Crippen LogP) is 14.4. The smallest absolute Gasteiger partial charge is 0.462 e. The van der Waals surface area contributed by atoms with Gasteiger partial charge in [0.15, 0.2) is 12.2 Å². The van der Waals surface area contributed by atoms with E-state index in [9.17, 15) is 43.2 Å². The Hall–Kier alpha value is -1.94. The molecule has 0 fully saturated rings. The number of ether oxygens (including phenoxy) is 4. The molecule has 0 heterocycles. The van der Waals surface area contributed by atoms with Crippen molar-refractivity contribution in [2.24, 2.45) is 0 Å². The second kappa shape index (κ2) is 50.6. The maximum atomic E-state index is 12.9. The van der Waals surface area contributed by atoms with Gasteiger partial charge in [0.25, 0.3) is 0 Å². The molecule has 5 atom stereocenters. The molecule has 0 aliphatic rings. The minimum absolute atomic E-state index is 0.102. The first kappa shape index (κ1) is 72.1. The molecule has 74 heavy (non-hydrogen) atoms. The van der Waals surface area contributed by atoms with Crippen molar-refractivity contribution in [3.63, 3.8) is 0 Å². The molecule has 0 aromatic carbocycles. The predicted molar refractivity (Wildman–Crippen MR) is 289 cm³/mol. The Labute approximate surface area is 447 Å². The van der Waals surface area contributed by atoms with E-state index < -0.39 is 97.5 Å². The number of phosphoric ester groups is 2. The van der Waals surface area contributed by atoms with E-state index in [4.69, 9.17) is 37.0 Å². The summed E-state index contributed by atoms with van der Waals surface area (Å²) >= 11 is 0. The highest BCUT2D eigenvalue weighted by molar-refractivity contribution is 7.47. The van der Waals surface area contributed by atoms with Gasteiger partial charge in [0, 0.05) is 25.7 Å². The average Bonchev–Trinajstić information content (AvgIpc) is 3.37. The monoisotopic (exact) mass is 1100 g/mol. The van der Waals surface area contributed by atoms with Gasteiger partial charge in [-0.05, 0) is 25.7 Å². The maximum absolute atomic E-state index is 12.9. The molecule has 2 unspecified atom stereocenters. The molecular weight excluding hydrogens is 995 g/mol. The molecule has 0 saturated heterocycles. The summed E-state index contributed by atoms with van der Waals surface area (Å²) in [6.45, 7) is 4.72. The quantitative estimate of drug-likeness (QED) is 0.0222. The van der Waals surface area contributed by atoms with Crippen LogP contribution in [0.5, 0.6) is 0 Å². The molecule has 0 aliphatic heterocycles. The van der Waals surface area contributed by atoms with Crippen LogP contribution in [-0.4, -0.2) is 96.7 Å². The minimum atomic E-state index is -4.93. The molecule has 0 saturated carbocycles. The summed E-state index contributed by atoms with van der Waals surface area (Å²) in [5.41, 5.74) is 0. The molecule has 0 aromatic rings. The summed E-state index contributed by atoms with van der Waals surface area (Å²) < 4.78 is 67.4. The highest BCUT2D eigenvalue weighted by atomic mass is 31.2. The van der Waals surface area contributed by atoms with E-state index in [0.717, 1.165) is 103 Å². The average molecular weight is 1100 g/mol. The molecule has 438 valence electrons. The van der Waals surface area contributed by atoms with Gasteiger partial charge in [0.2, 0.25) is 0 Å². The number of esters is 4. The fourth-order valence-electron chi connectivity index (χ4n) is 8.04. The molecule has 19 heteroatoms. The van der Waals surface area contributed by atoms with Crippen molar-refractivity contribution in [1.29, 1.82) is 0 Å². The van der Waals surface area contributed by atoms with Crippen LogP contribution in [0.2, 0.25) is 0 Å². The number of unbranched alkanes of at least 4 members (excludes halogenated alkanes) is 30. The van der Waals surface area contributed by atoms with Crippen LogP contribution in [-0.2, 0) is 65.4 Å². The van der Waals surface area contributed by atoms with Crippen molar-refractivity contribution in [3.05, 3.63) is 0 Å². The summed E-state index contributed by atoms with van der Waals surface area (Å²) in [7, 11) is -9.85. The van der Waals surface area contributed by atoms with Gasteiger partial charge in [-0.3, -0.25) is 37.3 Å². The van der Waals surface area contributed by atoms with Crippen LogP contribution in [0.3, 0.4) is 0 Å². The van der Waals surface area contributed by atoms with E-state index in [2.05, 4.69) is 27.7 Å². The molecule has 0 spiro atoms. The summed E-state index contributed by atoms with van der Waals surface area (Å²) in [4.78, 5) is 71.5. The highest BCUT2D eigenvalue weighted by Gasteiger charge is 2.30. The third-order valence-electron chi connectivity index (χ3n) is 12.6. The SMILES string of the molecule is CCCCCCCCCCCCC(=O)OC[C@H](COP(=O)(O)OC[C@H](O)COP(=O)(O)OC[C@@H](COC(=O)CCCCCCCCCC)OC(=O)CCCCCCCC)OC(=O)CCCCCCCCCCCC. The Morgan fingerprint density at radius 2 is 0.541 bits per heavy atom. The number of hydrogen-bond acceptors (Lipinski definition) is 15. The number of phosphoric acid groups is 2. The van der Waals surface area contributed by atoms with Gasteiger partial charge in [0.1, 0.15) is 19.3 Å². The van der Waals surface area contributed by atoms with Crippen LogP contribution < -0.4 is 0 Å². The van der Waals surface area contributed by atoms with Gasteiger partial charge in [-0.15, -0.1) is 0 Å². The number of rotatable bonds is 56. The highest BCUT2D eigenvalue weighted by Crippen LogP contribution is 2.45. The van der Waals surface area contributed by atoms with E-state index in [1.165, 1.54) is 89.9 Å². The van der Waals surface area contributed by atoms with Crippen molar-refractivity contribution in [3.8, 4) is 0 Å². The number of aliphatic hydroxyl groups excluding tert-OH is 1. The number of hydrogen-bond donors (Lipinski definition) is 3. The maximum Gasteiger partial charge on any atom is 0.472 e. The lowest BCUT2D eigenvalue weighted by molar-refractivity contribution is -0.161. The van der Waals surface area contributed by atoms with Crippen molar-refractivity contribution in [1.82, 2.24) is 0 Å². The van der Waals surface area contributed by atoms with Gasteiger partial charge in [0.05, 0.1) is 26.4 Å². The van der Waals surface area contributed by atoms with Crippen LogP contribution in [0.25, 0.3) is 0 Å². The van der Waals surface area contributed by atoms with E-state index in [-0.39, 0.29) is 25.7 Å². The fraction of sp³-hybridized carbons (Fsp3) is 0.927. The topological polar surface area (TPSA) is 237 Å². The first-order valence-corrected chi connectivity index (χ1v) is 32.3. The Kier molecular flexibility index (Phi) is 49.2. The summed E-state index contributed by atoms with van der Waals surface area (Å²) in [6.07, 6.45) is 32.3. The Balaban J connectivity index is 5.18. The number of aliphatic hydroxyl groups is 1. The van der Waals surface area contributed by atoms with Gasteiger partial charge in [-0.1, -0.05) is 220 Å². The zero-order chi connectivity index (χ0) is 54.8. The molecule has 3 N–H and O–H groups in total. The molecule has 0 aliphatic carbocycles. The third-order valence-corrected chi connectivity index (χ3v) is 14.5. The Bertz CT molecular complexity index is 1450. The number of carbonyl (C=O) groups excluding carboxylic acids is 4. The molecule has 0 rings (SSSR count). The van der Waals surface area contributed by atoms with Crippen LogP contribution in [0, 0.1) is 0 Å². The largest absolute Gasteiger partial charge is 0.472 e. The van der Waals surface area contributed by atoms with E-state index in [1.54, 1.807) is 0 Å². The van der Waals surface area contributed by atoms with Gasteiger partial charge in [-0.25, -0.2) is 9.13 Å². The minimum Gasteiger partial charge on any atom is -0.462 e. The Morgan fingerprint density at radius 1 is 0.324 bits per heavy atom. The summed E-state index contributed by atoms with van der Waals surface area (Å²) in [5, 5.41) is 10.4. The molecular formula is C55H106O17P2. The number of carbonyl (C=O) groups is 4. The molecule has 0 aromatic heterocycles. The normalized spacial score (nSPS) is 14.4. The van der Waals surface area contributed by atoms with Crippen molar-refractivity contribution in [2.75, 3.05) is 39.6 Å². The second-order valence-corrected chi connectivity index (χ2v) is 22.9. The van der Waals surface area contributed by atoms with Crippen LogP contribution >= 0.6 is 15.6 Å².